The Morgan fingerprint density at radius 1 is 1.46 bits per heavy atom. The molecule has 0 unspecified atom stereocenters. The molecule has 1 heterocycles. The van der Waals surface area contributed by atoms with Crippen molar-refractivity contribution in [3.63, 3.8) is 0 Å². The van der Waals surface area contributed by atoms with Gasteiger partial charge >= 0.3 is 0 Å². The molecule has 0 saturated carbocycles. The highest BCUT2D eigenvalue weighted by molar-refractivity contribution is 6.00. The molecule has 0 fully saturated rings. The third-order valence-corrected chi connectivity index (χ3v) is 2.26. The Balaban J connectivity index is 3.09. The molecule has 1 aromatic heterocycles. The van der Waals surface area contributed by atoms with E-state index in [1.54, 1.807) is 6.92 Å². The maximum absolute atomic E-state index is 11.2. The van der Waals surface area contributed by atoms with E-state index < -0.39 is 0 Å². The van der Waals surface area contributed by atoms with Gasteiger partial charge in [-0.2, -0.15) is 0 Å². The van der Waals surface area contributed by atoms with E-state index >= 15 is 0 Å². The molecule has 1 rings (SSSR count). The first-order valence-electron chi connectivity index (χ1n) is 4.50. The van der Waals surface area contributed by atoms with Gasteiger partial charge in [0.05, 0.1) is 0 Å². The zero-order chi connectivity index (χ0) is 9.84. The summed E-state index contributed by atoms with van der Waals surface area (Å²) in [6.07, 6.45) is 4.58. The summed E-state index contributed by atoms with van der Waals surface area (Å²) in [5.74, 6) is 0.168. The zero-order valence-electron chi connectivity index (χ0n) is 8.35. The molecular weight excluding hydrogens is 162 g/mol. The van der Waals surface area contributed by atoms with Crippen LogP contribution in [-0.4, -0.2) is 10.8 Å². The van der Waals surface area contributed by atoms with Gasteiger partial charge in [0.2, 0.25) is 0 Å². The molecule has 0 bridgehead atoms. The molecule has 0 amide bonds. The molecule has 1 N–H and O–H groups in total. The number of aromatic nitrogens is 1. The van der Waals surface area contributed by atoms with E-state index in [1.807, 2.05) is 32.3 Å². The summed E-state index contributed by atoms with van der Waals surface area (Å²) >= 11 is 0. The quantitative estimate of drug-likeness (QED) is 0.707. The first-order valence-corrected chi connectivity index (χ1v) is 4.50. The molecule has 0 saturated heterocycles. The van der Waals surface area contributed by atoms with Crippen molar-refractivity contribution < 1.29 is 4.79 Å². The number of ketones is 1. The molecule has 0 aliphatic heterocycles. The predicted molar refractivity (Wildman–Crippen MR) is 54.4 cm³/mol. The lowest BCUT2D eigenvalue weighted by atomic mass is 9.99. The van der Waals surface area contributed by atoms with Gasteiger partial charge in [0.1, 0.15) is 0 Å². The molecule has 70 valence electrons. The van der Waals surface area contributed by atoms with Crippen molar-refractivity contribution in [3.8, 4) is 0 Å². The fourth-order valence-corrected chi connectivity index (χ4v) is 1.51. The van der Waals surface area contributed by atoms with Crippen LogP contribution >= 0.6 is 0 Å². The van der Waals surface area contributed by atoms with Crippen LogP contribution in [0.1, 0.15) is 32.8 Å². The lowest BCUT2D eigenvalue weighted by Crippen LogP contribution is -1.97. The van der Waals surface area contributed by atoms with Crippen molar-refractivity contribution in [2.45, 2.75) is 27.2 Å². The Bertz CT molecular complexity index is 320. The number of H-pyrrole nitrogens is 1. The van der Waals surface area contributed by atoms with Gasteiger partial charge in [0, 0.05) is 12.4 Å². The normalized spacial score (nSPS) is 12.5. The third-order valence-electron chi connectivity index (χ3n) is 2.26. The van der Waals surface area contributed by atoms with Gasteiger partial charge in [-0.3, -0.25) is 4.79 Å². The van der Waals surface area contributed by atoms with Crippen molar-refractivity contribution in [1.82, 2.24) is 4.98 Å². The van der Waals surface area contributed by atoms with E-state index in [0.717, 1.165) is 23.1 Å². The summed E-state index contributed by atoms with van der Waals surface area (Å²) in [4.78, 5) is 14.2. The molecular formula is C11H15NO. The molecule has 0 atom stereocenters. The second kappa shape index (κ2) is 4.08. The second-order valence-electron chi connectivity index (χ2n) is 3.11. The number of hydrogen-bond acceptors (Lipinski definition) is 1. The first kappa shape index (κ1) is 9.78. The van der Waals surface area contributed by atoms with Gasteiger partial charge in [0.15, 0.2) is 5.78 Å². The average molecular weight is 177 g/mol. The van der Waals surface area contributed by atoms with Crippen molar-refractivity contribution in [2.75, 3.05) is 0 Å². The maximum atomic E-state index is 11.2. The molecule has 0 aromatic carbocycles. The number of rotatable bonds is 3. The van der Waals surface area contributed by atoms with Crippen molar-refractivity contribution in [1.29, 1.82) is 0 Å². The third kappa shape index (κ3) is 2.08. The maximum Gasteiger partial charge on any atom is 0.156 e. The molecule has 0 aliphatic rings. The van der Waals surface area contributed by atoms with Crippen LogP contribution in [0.5, 0.6) is 0 Å². The Morgan fingerprint density at radius 3 is 2.54 bits per heavy atom. The van der Waals surface area contributed by atoms with Gasteiger partial charge in [0.25, 0.3) is 0 Å². The minimum atomic E-state index is 0.168. The van der Waals surface area contributed by atoms with E-state index in [1.165, 1.54) is 0 Å². The molecule has 0 radical (unpaired) electrons. The molecule has 0 spiro atoms. The van der Waals surface area contributed by atoms with Gasteiger partial charge in [-0.1, -0.05) is 6.92 Å². The van der Waals surface area contributed by atoms with Gasteiger partial charge in [-0.25, -0.2) is 0 Å². The fourth-order valence-electron chi connectivity index (χ4n) is 1.51. The highest BCUT2D eigenvalue weighted by Gasteiger charge is 2.07. The Labute approximate surface area is 78.7 Å². The van der Waals surface area contributed by atoms with Crippen LogP contribution in [-0.2, 0) is 4.79 Å². The van der Waals surface area contributed by atoms with E-state index in [9.17, 15) is 4.79 Å². The molecule has 2 heteroatoms. The molecule has 1 aromatic rings. The van der Waals surface area contributed by atoms with E-state index in [2.05, 4.69) is 4.98 Å². The summed E-state index contributed by atoms with van der Waals surface area (Å²) in [6, 6.07) is 1.98. The van der Waals surface area contributed by atoms with Crippen LogP contribution in [0.3, 0.4) is 0 Å². The van der Waals surface area contributed by atoms with Gasteiger partial charge in [-0.15, -0.1) is 0 Å². The number of hydrogen-bond donors (Lipinski definition) is 1. The van der Waals surface area contributed by atoms with Gasteiger partial charge < -0.3 is 4.98 Å². The Hall–Kier alpha value is -1.31. The first-order chi connectivity index (χ1) is 6.16. The highest BCUT2D eigenvalue weighted by Crippen LogP contribution is 2.20. The largest absolute Gasteiger partial charge is 0.367 e. The number of nitrogens with one attached hydrogen (secondary N) is 1. The van der Waals surface area contributed by atoms with E-state index in [4.69, 9.17) is 0 Å². The number of carbonyl (C=O) groups excluding carboxylic acids is 1. The van der Waals surface area contributed by atoms with Crippen LogP contribution in [0, 0.1) is 0 Å². The van der Waals surface area contributed by atoms with Crippen molar-refractivity contribution >= 4 is 11.4 Å². The summed E-state index contributed by atoms with van der Waals surface area (Å²) in [6.45, 7) is 5.62. The van der Waals surface area contributed by atoms with Crippen LogP contribution in [0.4, 0.5) is 0 Å². The van der Waals surface area contributed by atoms with Crippen LogP contribution in [0.2, 0.25) is 0 Å². The molecule has 2 nitrogen and oxygen atoms in total. The molecule has 13 heavy (non-hydrogen) atoms. The smallest absolute Gasteiger partial charge is 0.156 e. The standard InChI is InChI=1S/C11H15NO/c1-4-11(9(3)13)8(2)10-5-6-12-7-10/h5-7,12H,4H2,1-3H3. The zero-order valence-corrected chi connectivity index (χ0v) is 8.35. The fraction of sp³-hybridized carbons (Fsp3) is 0.364. The molecule has 0 aliphatic carbocycles. The number of carbonyl (C=O) groups is 1. The monoisotopic (exact) mass is 177 g/mol. The Morgan fingerprint density at radius 2 is 2.15 bits per heavy atom. The highest BCUT2D eigenvalue weighted by atomic mass is 16.1. The van der Waals surface area contributed by atoms with E-state index in [0.29, 0.717) is 0 Å². The second-order valence-corrected chi connectivity index (χ2v) is 3.11. The van der Waals surface area contributed by atoms with Crippen LogP contribution in [0.15, 0.2) is 24.0 Å². The lowest BCUT2D eigenvalue weighted by molar-refractivity contribution is -0.113. The number of aromatic amines is 1. The number of allylic oxidation sites excluding steroid dienone is 2. The van der Waals surface area contributed by atoms with E-state index in [-0.39, 0.29) is 5.78 Å². The summed E-state index contributed by atoms with van der Waals surface area (Å²) in [7, 11) is 0. The van der Waals surface area contributed by atoms with Crippen molar-refractivity contribution in [3.05, 3.63) is 29.6 Å². The summed E-state index contributed by atoms with van der Waals surface area (Å²) < 4.78 is 0. The minimum absolute atomic E-state index is 0.168. The van der Waals surface area contributed by atoms with Gasteiger partial charge in [-0.05, 0) is 43.0 Å². The topological polar surface area (TPSA) is 32.9 Å². The lowest BCUT2D eigenvalue weighted by Gasteiger charge is -2.04. The summed E-state index contributed by atoms with van der Waals surface area (Å²) in [5.41, 5.74) is 3.10. The van der Waals surface area contributed by atoms with Crippen molar-refractivity contribution in [2.24, 2.45) is 0 Å². The van der Waals surface area contributed by atoms with Crippen LogP contribution < -0.4 is 0 Å². The Kier molecular flexibility index (Phi) is 3.07. The average Bonchev–Trinajstić information content (AvgIpc) is 2.56. The summed E-state index contributed by atoms with van der Waals surface area (Å²) in [5, 5.41) is 0. The van der Waals surface area contributed by atoms with Crippen LogP contribution in [0.25, 0.3) is 5.57 Å². The predicted octanol–water partition coefficient (Wildman–Crippen LogP) is 2.79. The SMILES string of the molecule is CCC(C(C)=O)=C(C)c1cc[nH]c1. The number of Topliss-reactive ketones (excluding diaryl/α,β-unsaturated/α-hetero) is 1. The minimum Gasteiger partial charge on any atom is -0.367 e.